The van der Waals surface area contributed by atoms with E-state index >= 15 is 0 Å². The van der Waals surface area contributed by atoms with Crippen LogP contribution in [0.1, 0.15) is 5.56 Å². The highest BCUT2D eigenvalue weighted by Crippen LogP contribution is 2.12. The predicted octanol–water partition coefficient (Wildman–Crippen LogP) is 2.32. The molecule has 0 saturated heterocycles. The van der Waals surface area contributed by atoms with E-state index < -0.39 is 0 Å². The van der Waals surface area contributed by atoms with Gasteiger partial charge in [0.15, 0.2) is 0 Å². The Kier molecular flexibility index (Phi) is 6.47. The first kappa shape index (κ1) is 12.9. The molecule has 0 unspecified atom stereocenters. The van der Waals surface area contributed by atoms with E-state index in [0.29, 0.717) is 12.2 Å². The van der Waals surface area contributed by atoms with E-state index in [4.69, 9.17) is 14.7 Å². The molecule has 0 aliphatic rings. The standard InChI is InChI=1S/C12H15NO2S/c1-14-5-7-16-8-6-15-12-4-2-3-11(9-12)10-13/h2-4,9H,5-8H2,1H3. The fraction of sp³-hybridized carbons (Fsp3) is 0.417. The Hall–Kier alpha value is -1.18. The van der Waals surface area contributed by atoms with Gasteiger partial charge in [0.25, 0.3) is 0 Å². The van der Waals surface area contributed by atoms with E-state index in [1.165, 1.54) is 0 Å². The third-order valence-electron chi connectivity index (χ3n) is 1.89. The van der Waals surface area contributed by atoms with E-state index in [1.54, 1.807) is 31.0 Å². The van der Waals surface area contributed by atoms with Crippen molar-refractivity contribution in [3.63, 3.8) is 0 Å². The van der Waals surface area contributed by atoms with Crippen LogP contribution in [0.25, 0.3) is 0 Å². The normalized spacial score (nSPS) is 9.75. The van der Waals surface area contributed by atoms with Gasteiger partial charge in [0.2, 0.25) is 0 Å². The van der Waals surface area contributed by atoms with Gasteiger partial charge in [-0.05, 0) is 18.2 Å². The molecule has 1 rings (SSSR count). The van der Waals surface area contributed by atoms with Crippen molar-refractivity contribution in [1.29, 1.82) is 5.26 Å². The lowest BCUT2D eigenvalue weighted by Gasteiger charge is -2.05. The van der Waals surface area contributed by atoms with Gasteiger partial charge in [0, 0.05) is 18.6 Å². The van der Waals surface area contributed by atoms with Crippen molar-refractivity contribution >= 4 is 11.8 Å². The number of benzene rings is 1. The Morgan fingerprint density at radius 3 is 2.88 bits per heavy atom. The van der Waals surface area contributed by atoms with Gasteiger partial charge in [-0.25, -0.2) is 0 Å². The number of ether oxygens (including phenoxy) is 2. The van der Waals surface area contributed by atoms with Crippen LogP contribution in [0.2, 0.25) is 0 Å². The van der Waals surface area contributed by atoms with E-state index in [0.717, 1.165) is 23.9 Å². The third kappa shape index (κ3) is 5.06. The molecule has 0 N–H and O–H groups in total. The molecule has 0 aromatic heterocycles. The number of hydrogen-bond acceptors (Lipinski definition) is 4. The van der Waals surface area contributed by atoms with Crippen LogP contribution >= 0.6 is 11.8 Å². The minimum absolute atomic E-state index is 0.629. The Labute approximate surface area is 100 Å². The van der Waals surface area contributed by atoms with Crippen LogP contribution in [0.4, 0.5) is 0 Å². The van der Waals surface area contributed by atoms with Gasteiger partial charge in [-0.2, -0.15) is 17.0 Å². The highest BCUT2D eigenvalue weighted by atomic mass is 32.2. The quantitative estimate of drug-likeness (QED) is 0.682. The van der Waals surface area contributed by atoms with E-state index in [2.05, 4.69) is 6.07 Å². The summed E-state index contributed by atoms with van der Waals surface area (Å²) in [6, 6.07) is 9.28. The number of thioether (sulfide) groups is 1. The van der Waals surface area contributed by atoms with Crippen molar-refractivity contribution in [3.05, 3.63) is 29.8 Å². The Morgan fingerprint density at radius 2 is 2.12 bits per heavy atom. The van der Waals surface area contributed by atoms with E-state index in [1.807, 2.05) is 12.1 Å². The van der Waals surface area contributed by atoms with Crippen LogP contribution in [0, 0.1) is 11.3 Å². The molecule has 4 heteroatoms. The van der Waals surface area contributed by atoms with Crippen molar-refractivity contribution in [1.82, 2.24) is 0 Å². The molecule has 0 amide bonds. The largest absolute Gasteiger partial charge is 0.493 e. The number of rotatable bonds is 7. The van der Waals surface area contributed by atoms with Crippen LogP contribution in [-0.2, 0) is 4.74 Å². The van der Waals surface area contributed by atoms with Gasteiger partial charge in [-0.3, -0.25) is 0 Å². The Bertz CT molecular complexity index is 349. The maximum Gasteiger partial charge on any atom is 0.120 e. The average molecular weight is 237 g/mol. The summed E-state index contributed by atoms with van der Waals surface area (Å²) in [7, 11) is 1.70. The van der Waals surface area contributed by atoms with Gasteiger partial charge in [0.1, 0.15) is 5.75 Å². The maximum atomic E-state index is 8.71. The first-order valence-electron chi connectivity index (χ1n) is 5.06. The summed E-state index contributed by atoms with van der Waals surface area (Å²) in [6.07, 6.45) is 0. The lowest BCUT2D eigenvalue weighted by Crippen LogP contribution is -2.02. The van der Waals surface area contributed by atoms with Gasteiger partial charge < -0.3 is 9.47 Å². The topological polar surface area (TPSA) is 42.2 Å². The summed E-state index contributed by atoms with van der Waals surface area (Å²) in [6.45, 7) is 1.43. The molecule has 0 aliphatic carbocycles. The minimum Gasteiger partial charge on any atom is -0.493 e. The molecule has 0 radical (unpaired) electrons. The molecule has 1 aromatic rings. The molecule has 0 aliphatic heterocycles. The summed E-state index contributed by atoms with van der Waals surface area (Å²) in [5.41, 5.74) is 0.629. The van der Waals surface area contributed by atoms with Crippen LogP contribution in [0.15, 0.2) is 24.3 Å². The zero-order valence-electron chi connectivity index (χ0n) is 9.31. The maximum absolute atomic E-state index is 8.71. The second-order valence-corrected chi connectivity index (χ2v) is 4.32. The zero-order valence-corrected chi connectivity index (χ0v) is 10.1. The van der Waals surface area contributed by atoms with Crippen LogP contribution in [-0.4, -0.2) is 31.8 Å². The fourth-order valence-corrected chi connectivity index (χ4v) is 1.81. The van der Waals surface area contributed by atoms with E-state index in [9.17, 15) is 0 Å². The fourth-order valence-electron chi connectivity index (χ4n) is 1.12. The second kappa shape index (κ2) is 8.03. The Balaban J connectivity index is 2.19. The summed E-state index contributed by atoms with van der Waals surface area (Å²) in [5, 5.41) is 8.71. The molecule has 0 saturated carbocycles. The molecule has 86 valence electrons. The molecule has 0 heterocycles. The Morgan fingerprint density at radius 1 is 1.31 bits per heavy atom. The van der Waals surface area contributed by atoms with E-state index in [-0.39, 0.29) is 0 Å². The van der Waals surface area contributed by atoms with Crippen LogP contribution in [0.5, 0.6) is 5.75 Å². The van der Waals surface area contributed by atoms with Crippen molar-refractivity contribution in [2.75, 3.05) is 31.8 Å². The van der Waals surface area contributed by atoms with Crippen molar-refractivity contribution < 1.29 is 9.47 Å². The zero-order chi connectivity index (χ0) is 11.6. The molecular weight excluding hydrogens is 222 g/mol. The molecule has 0 spiro atoms. The first-order valence-corrected chi connectivity index (χ1v) is 6.22. The van der Waals surface area contributed by atoms with Crippen LogP contribution in [0.3, 0.4) is 0 Å². The highest BCUT2D eigenvalue weighted by Gasteiger charge is 1.96. The van der Waals surface area contributed by atoms with Crippen molar-refractivity contribution in [3.8, 4) is 11.8 Å². The smallest absolute Gasteiger partial charge is 0.120 e. The molecule has 0 atom stereocenters. The number of nitriles is 1. The highest BCUT2D eigenvalue weighted by molar-refractivity contribution is 7.99. The average Bonchev–Trinajstić information content (AvgIpc) is 2.34. The predicted molar refractivity (Wildman–Crippen MR) is 65.9 cm³/mol. The molecule has 0 fully saturated rings. The number of hydrogen-bond donors (Lipinski definition) is 0. The van der Waals surface area contributed by atoms with Gasteiger partial charge >= 0.3 is 0 Å². The van der Waals surface area contributed by atoms with Gasteiger partial charge in [-0.15, -0.1) is 0 Å². The van der Waals surface area contributed by atoms with Gasteiger partial charge in [0.05, 0.1) is 24.8 Å². The summed E-state index contributed by atoms with van der Waals surface area (Å²) in [5.74, 6) is 2.67. The van der Waals surface area contributed by atoms with Crippen LogP contribution < -0.4 is 4.74 Å². The van der Waals surface area contributed by atoms with Crippen molar-refractivity contribution in [2.45, 2.75) is 0 Å². The molecule has 16 heavy (non-hydrogen) atoms. The SMILES string of the molecule is COCCSCCOc1cccc(C#N)c1. The van der Waals surface area contributed by atoms with Gasteiger partial charge in [-0.1, -0.05) is 6.07 Å². The molecular formula is C12H15NO2S. The molecule has 1 aromatic carbocycles. The summed E-state index contributed by atoms with van der Waals surface area (Å²) >= 11 is 1.79. The molecule has 0 bridgehead atoms. The molecule has 3 nitrogen and oxygen atoms in total. The number of nitrogens with zero attached hydrogens (tertiary/aromatic N) is 1. The minimum atomic E-state index is 0.629. The number of methoxy groups -OCH3 is 1. The summed E-state index contributed by atoms with van der Waals surface area (Å²) < 4.78 is 10.5. The lowest BCUT2D eigenvalue weighted by atomic mass is 10.2. The van der Waals surface area contributed by atoms with Crippen molar-refractivity contribution in [2.24, 2.45) is 0 Å². The first-order chi connectivity index (χ1) is 7.86. The third-order valence-corrected chi connectivity index (χ3v) is 2.80. The second-order valence-electron chi connectivity index (χ2n) is 3.09. The lowest BCUT2D eigenvalue weighted by molar-refractivity contribution is 0.218. The summed E-state index contributed by atoms with van der Waals surface area (Å²) in [4.78, 5) is 0. The monoisotopic (exact) mass is 237 g/mol.